The van der Waals surface area contributed by atoms with Gasteiger partial charge in [-0.3, -0.25) is 14.3 Å². The van der Waals surface area contributed by atoms with Crippen LogP contribution in [-0.4, -0.2) is 40.1 Å². The molecular formula is C19H24N4O2. The molecule has 0 bridgehead atoms. The fraction of sp³-hybridized carbons (Fsp3) is 0.421. The molecule has 1 saturated heterocycles. The molecule has 0 saturated carbocycles. The molecule has 0 radical (unpaired) electrons. The third-order valence-electron chi connectivity index (χ3n) is 4.75. The van der Waals surface area contributed by atoms with Crippen molar-refractivity contribution in [2.24, 2.45) is 5.92 Å². The molecule has 1 aromatic carbocycles. The van der Waals surface area contributed by atoms with E-state index in [4.69, 9.17) is 0 Å². The highest BCUT2D eigenvalue weighted by molar-refractivity contribution is 5.80. The van der Waals surface area contributed by atoms with E-state index in [1.807, 2.05) is 54.3 Å². The second kappa shape index (κ2) is 7.96. The van der Waals surface area contributed by atoms with Gasteiger partial charge in [0.1, 0.15) is 0 Å². The molecule has 0 aliphatic carbocycles. The van der Waals surface area contributed by atoms with Gasteiger partial charge in [-0.1, -0.05) is 30.3 Å². The monoisotopic (exact) mass is 340 g/mol. The fourth-order valence-corrected chi connectivity index (χ4v) is 3.45. The number of nitrogens with zero attached hydrogens (tertiary/aromatic N) is 3. The lowest BCUT2D eigenvalue weighted by molar-refractivity contribution is -0.127. The zero-order valence-electron chi connectivity index (χ0n) is 14.5. The first kappa shape index (κ1) is 17.2. The minimum absolute atomic E-state index is 0.0260. The second-order valence-corrected chi connectivity index (χ2v) is 6.50. The van der Waals surface area contributed by atoms with Gasteiger partial charge < -0.3 is 10.2 Å². The Hall–Kier alpha value is -2.63. The standard InChI is InChI=1S/C19H24N4O2/c1-22-18(25)13-16(19(22)15-7-3-2-4-8-15)14-20-17(24)9-5-11-23-12-6-10-21-23/h2-4,6-8,10,12,16,19H,5,9,11,13-14H2,1H3,(H,20,24)/t16-,19+/m1/s1. The SMILES string of the molecule is CN1C(=O)C[C@H](CNC(=O)CCCn2cccn2)[C@@H]1c1ccccc1. The van der Waals surface area contributed by atoms with Gasteiger partial charge in [-0.15, -0.1) is 0 Å². The number of rotatable bonds is 7. The van der Waals surface area contributed by atoms with Gasteiger partial charge in [-0.25, -0.2) is 0 Å². The molecule has 1 N–H and O–H groups in total. The van der Waals surface area contributed by atoms with E-state index < -0.39 is 0 Å². The van der Waals surface area contributed by atoms with Crippen LogP contribution in [0.4, 0.5) is 0 Å². The average molecular weight is 340 g/mol. The summed E-state index contributed by atoms with van der Waals surface area (Å²) in [6.45, 7) is 1.26. The van der Waals surface area contributed by atoms with E-state index in [-0.39, 0.29) is 23.8 Å². The predicted molar refractivity (Wildman–Crippen MR) is 94.5 cm³/mol. The number of nitrogens with one attached hydrogen (secondary N) is 1. The summed E-state index contributed by atoms with van der Waals surface area (Å²) in [5.74, 6) is 0.266. The van der Waals surface area contributed by atoms with Crippen LogP contribution < -0.4 is 5.32 Å². The zero-order chi connectivity index (χ0) is 17.6. The van der Waals surface area contributed by atoms with Crippen LogP contribution >= 0.6 is 0 Å². The molecule has 132 valence electrons. The number of aryl methyl sites for hydroxylation is 1. The minimum atomic E-state index is 0.0260. The van der Waals surface area contributed by atoms with E-state index in [0.717, 1.165) is 18.5 Å². The second-order valence-electron chi connectivity index (χ2n) is 6.50. The molecule has 1 aliphatic heterocycles. The van der Waals surface area contributed by atoms with Crippen LogP contribution in [0.1, 0.15) is 30.9 Å². The van der Waals surface area contributed by atoms with Crippen LogP contribution in [0.25, 0.3) is 0 Å². The van der Waals surface area contributed by atoms with Crippen molar-refractivity contribution in [3.8, 4) is 0 Å². The summed E-state index contributed by atoms with van der Waals surface area (Å²) in [7, 11) is 1.84. The molecule has 3 rings (SSSR count). The quantitative estimate of drug-likeness (QED) is 0.838. The maximum Gasteiger partial charge on any atom is 0.223 e. The van der Waals surface area contributed by atoms with Crippen molar-refractivity contribution in [1.82, 2.24) is 20.0 Å². The largest absolute Gasteiger partial charge is 0.356 e. The Kier molecular flexibility index (Phi) is 5.48. The van der Waals surface area contributed by atoms with Gasteiger partial charge in [0.05, 0.1) is 6.04 Å². The summed E-state index contributed by atoms with van der Waals surface area (Å²) in [4.78, 5) is 26.0. The fourth-order valence-electron chi connectivity index (χ4n) is 3.45. The Balaban J connectivity index is 1.50. The van der Waals surface area contributed by atoms with Gasteiger partial charge in [0.2, 0.25) is 11.8 Å². The molecule has 25 heavy (non-hydrogen) atoms. The van der Waals surface area contributed by atoms with Crippen LogP contribution in [0.2, 0.25) is 0 Å². The van der Waals surface area contributed by atoms with Gasteiger partial charge in [0, 0.05) is 51.3 Å². The van der Waals surface area contributed by atoms with E-state index >= 15 is 0 Å². The number of hydrogen-bond acceptors (Lipinski definition) is 3. The highest BCUT2D eigenvalue weighted by Gasteiger charge is 2.38. The van der Waals surface area contributed by atoms with Gasteiger partial charge in [-0.05, 0) is 18.1 Å². The van der Waals surface area contributed by atoms with Crippen molar-refractivity contribution < 1.29 is 9.59 Å². The maximum absolute atomic E-state index is 12.1. The minimum Gasteiger partial charge on any atom is -0.356 e. The number of hydrogen-bond donors (Lipinski definition) is 1. The third-order valence-corrected chi connectivity index (χ3v) is 4.75. The van der Waals surface area contributed by atoms with Gasteiger partial charge in [0.25, 0.3) is 0 Å². The Bertz CT molecular complexity index is 699. The molecule has 1 aromatic heterocycles. The molecule has 2 aromatic rings. The molecule has 2 amide bonds. The van der Waals surface area contributed by atoms with Crippen molar-refractivity contribution in [1.29, 1.82) is 0 Å². The summed E-state index contributed by atoms with van der Waals surface area (Å²) < 4.78 is 1.82. The Morgan fingerprint density at radius 3 is 2.80 bits per heavy atom. The van der Waals surface area contributed by atoms with Crippen molar-refractivity contribution in [3.63, 3.8) is 0 Å². The summed E-state index contributed by atoms with van der Waals surface area (Å²) in [5, 5.41) is 7.12. The molecule has 6 nitrogen and oxygen atoms in total. The van der Waals surface area contributed by atoms with Crippen molar-refractivity contribution in [2.75, 3.05) is 13.6 Å². The van der Waals surface area contributed by atoms with Gasteiger partial charge in [0.15, 0.2) is 0 Å². The van der Waals surface area contributed by atoms with E-state index in [1.165, 1.54) is 0 Å². The van der Waals surface area contributed by atoms with E-state index in [0.29, 0.717) is 19.4 Å². The first-order valence-electron chi connectivity index (χ1n) is 8.70. The molecule has 1 fully saturated rings. The molecule has 1 aliphatic rings. The number of benzene rings is 1. The summed E-state index contributed by atoms with van der Waals surface area (Å²) in [6, 6.07) is 11.9. The average Bonchev–Trinajstić information content (AvgIpc) is 3.23. The Morgan fingerprint density at radius 2 is 2.08 bits per heavy atom. The number of aromatic nitrogens is 2. The molecule has 0 spiro atoms. The van der Waals surface area contributed by atoms with E-state index in [1.54, 1.807) is 11.1 Å². The highest BCUT2D eigenvalue weighted by atomic mass is 16.2. The molecule has 2 heterocycles. The first-order chi connectivity index (χ1) is 12.1. The maximum atomic E-state index is 12.1. The van der Waals surface area contributed by atoms with Gasteiger partial charge in [-0.2, -0.15) is 5.10 Å². The van der Waals surface area contributed by atoms with Crippen molar-refractivity contribution in [3.05, 3.63) is 54.4 Å². The normalized spacial score (nSPS) is 20.0. The summed E-state index contributed by atoms with van der Waals surface area (Å²) in [6.07, 6.45) is 5.31. The Labute approximate surface area is 147 Å². The summed E-state index contributed by atoms with van der Waals surface area (Å²) in [5.41, 5.74) is 1.12. The van der Waals surface area contributed by atoms with Crippen LogP contribution in [-0.2, 0) is 16.1 Å². The highest BCUT2D eigenvalue weighted by Crippen LogP contribution is 2.36. The first-order valence-corrected chi connectivity index (χ1v) is 8.70. The zero-order valence-corrected chi connectivity index (χ0v) is 14.5. The topological polar surface area (TPSA) is 67.2 Å². The third kappa shape index (κ3) is 4.26. The van der Waals surface area contributed by atoms with Crippen LogP contribution in [0.5, 0.6) is 0 Å². The number of carbonyl (C=O) groups is 2. The lowest BCUT2D eigenvalue weighted by atomic mass is 9.93. The lowest BCUT2D eigenvalue weighted by Gasteiger charge is -2.25. The summed E-state index contributed by atoms with van der Waals surface area (Å²) >= 11 is 0. The van der Waals surface area contributed by atoms with Crippen molar-refractivity contribution >= 4 is 11.8 Å². The van der Waals surface area contributed by atoms with Crippen molar-refractivity contribution in [2.45, 2.75) is 31.8 Å². The lowest BCUT2D eigenvalue weighted by Crippen LogP contribution is -2.32. The molecule has 0 unspecified atom stereocenters. The van der Waals surface area contributed by atoms with Gasteiger partial charge >= 0.3 is 0 Å². The predicted octanol–water partition coefficient (Wildman–Crippen LogP) is 2.00. The smallest absolute Gasteiger partial charge is 0.223 e. The van der Waals surface area contributed by atoms with E-state index in [9.17, 15) is 9.59 Å². The number of carbonyl (C=O) groups excluding carboxylic acids is 2. The van der Waals surface area contributed by atoms with Crippen LogP contribution in [0.3, 0.4) is 0 Å². The Morgan fingerprint density at radius 1 is 1.28 bits per heavy atom. The number of likely N-dealkylation sites (tertiary alicyclic amines) is 1. The number of amides is 2. The molecule has 6 heteroatoms. The molecule has 2 atom stereocenters. The molecular weight excluding hydrogens is 316 g/mol. The van der Waals surface area contributed by atoms with E-state index in [2.05, 4.69) is 10.4 Å². The van der Waals surface area contributed by atoms with Crippen LogP contribution in [0, 0.1) is 5.92 Å². The van der Waals surface area contributed by atoms with Crippen LogP contribution in [0.15, 0.2) is 48.8 Å².